The summed E-state index contributed by atoms with van der Waals surface area (Å²) in [7, 11) is 5.78. The lowest BCUT2D eigenvalue weighted by Gasteiger charge is -2.36. The molecule has 26 heavy (non-hydrogen) atoms. The Kier molecular flexibility index (Phi) is 13.5. The van der Waals surface area contributed by atoms with Crippen LogP contribution in [0.15, 0.2) is 30.3 Å². The molecule has 3 nitrogen and oxygen atoms in total. The van der Waals surface area contributed by atoms with Crippen molar-refractivity contribution in [1.82, 2.24) is 0 Å². The molecule has 1 rings (SSSR count). The van der Waals surface area contributed by atoms with E-state index in [-0.39, 0.29) is 24.4 Å². The number of halogens is 1. The second-order valence-electron chi connectivity index (χ2n) is 7.72. The molecule has 0 saturated heterocycles. The zero-order valence-electron chi connectivity index (χ0n) is 17.2. The number of quaternary nitrogens is 1. The largest absolute Gasteiger partial charge is 0.465 e. The van der Waals surface area contributed by atoms with E-state index in [9.17, 15) is 4.79 Å². The Bertz CT molecular complexity index is 476. The van der Waals surface area contributed by atoms with Gasteiger partial charge in [0.25, 0.3) is 0 Å². The Labute approximate surface area is 167 Å². The summed E-state index contributed by atoms with van der Waals surface area (Å²) in [6.07, 6.45) is 11.2. The Hall–Kier alpha value is -1.06. The number of benzene rings is 1. The van der Waals surface area contributed by atoms with Gasteiger partial charge in [0.15, 0.2) is 6.04 Å². The van der Waals surface area contributed by atoms with E-state index in [2.05, 4.69) is 45.3 Å². The number of ether oxygens (including phenoxy) is 1. The highest BCUT2D eigenvalue weighted by molar-refractivity contribution is 5.85. The fourth-order valence-corrected chi connectivity index (χ4v) is 3.52. The number of esters is 1. The number of nitrogens with zero attached hydrogens (tertiary/aromatic N) is 1. The summed E-state index contributed by atoms with van der Waals surface area (Å²) in [5.41, 5.74) is 1.26. The van der Waals surface area contributed by atoms with Gasteiger partial charge in [-0.1, -0.05) is 82.2 Å². The number of carbonyl (C=O) groups is 1. The third-order valence-electron chi connectivity index (χ3n) is 5.08. The molecule has 0 amide bonds. The third-order valence-corrected chi connectivity index (χ3v) is 5.08. The molecule has 1 aromatic rings. The molecule has 0 N–H and O–H groups in total. The van der Waals surface area contributed by atoms with Crippen molar-refractivity contribution in [2.75, 3.05) is 21.2 Å². The molecule has 0 bridgehead atoms. The van der Waals surface area contributed by atoms with E-state index < -0.39 is 0 Å². The van der Waals surface area contributed by atoms with Crippen LogP contribution in [0.4, 0.5) is 0 Å². The van der Waals surface area contributed by atoms with E-state index in [0.717, 1.165) is 19.4 Å². The maximum Gasteiger partial charge on any atom is 0.364 e. The summed E-state index contributed by atoms with van der Waals surface area (Å²) in [5, 5.41) is 0. The number of rotatable bonds is 13. The highest BCUT2D eigenvalue weighted by atomic mass is 35.5. The molecule has 0 fully saturated rings. The molecule has 0 aliphatic rings. The average Bonchev–Trinajstić information content (AvgIpc) is 2.60. The fourth-order valence-electron chi connectivity index (χ4n) is 3.52. The van der Waals surface area contributed by atoms with Crippen LogP contribution in [0.25, 0.3) is 0 Å². The number of carbonyl (C=O) groups excluding carboxylic acids is 1. The van der Waals surface area contributed by atoms with E-state index >= 15 is 0 Å². The molecule has 150 valence electrons. The van der Waals surface area contributed by atoms with Gasteiger partial charge in [0, 0.05) is 12.0 Å². The zero-order chi connectivity index (χ0) is 18.5. The van der Waals surface area contributed by atoms with E-state index in [0.29, 0.717) is 4.48 Å². The predicted octanol–water partition coefficient (Wildman–Crippen LogP) is 5.76. The van der Waals surface area contributed by atoms with Crippen molar-refractivity contribution < 1.29 is 14.0 Å². The van der Waals surface area contributed by atoms with Crippen LogP contribution in [-0.2, 0) is 16.1 Å². The van der Waals surface area contributed by atoms with Crippen LogP contribution in [0.1, 0.15) is 70.3 Å². The van der Waals surface area contributed by atoms with E-state index in [1.807, 2.05) is 6.07 Å². The van der Waals surface area contributed by atoms with Crippen LogP contribution >= 0.6 is 12.4 Å². The Morgan fingerprint density at radius 1 is 0.962 bits per heavy atom. The quantitative estimate of drug-likeness (QED) is 0.245. The third kappa shape index (κ3) is 9.59. The van der Waals surface area contributed by atoms with Crippen molar-refractivity contribution in [2.45, 2.75) is 77.3 Å². The molecule has 0 saturated carbocycles. The topological polar surface area (TPSA) is 26.3 Å². The van der Waals surface area contributed by atoms with Crippen LogP contribution in [0.5, 0.6) is 0 Å². The van der Waals surface area contributed by atoms with Crippen molar-refractivity contribution in [3.05, 3.63) is 35.9 Å². The van der Waals surface area contributed by atoms with E-state index in [1.165, 1.54) is 57.6 Å². The number of unbranched alkanes of at least 4 members (excludes halogenated alkanes) is 7. The molecule has 1 aromatic carbocycles. The summed E-state index contributed by atoms with van der Waals surface area (Å²) in [6, 6.07) is 10.3. The number of hydrogen-bond acceptors (Lipinski definition) is 2. The molecule has 1 unspecified atom stereocenters. The second kappa shape index (κ2) is 14.1. The number of likely N-dealkylation sites (N-methyl/N-ethyl adjacent to an activating group) is 1. The van der Waals surface area contributed by atoms with Crippen molar-refractivity contribution in [3.8, 4) is 0 Å². The van der Waals surface area contributed by atoms with Crippen LogP contribution in [0, 0.1) is 0 Å². The van der Waals surface area contributed by atoms with E-state index in [1.54, 1.807) is 0 Å². The molecule has 0 aromatic heterocycles. The highest BCUT2D eigenvalue weighted by Crippen LogP contribution is 2.21. The number of methoxy groups -OCH3 is 1. The van der Waals surface area contributed by atoms with Gasteiger partial charge in [0.05, 0.1) is 21.2 Å². The van der Waals surface area contributed by atoms with Crippen LogP contribution in [-0.4, -0.2) is 37.7 Å². The van der Waals surface area contributed by atoms with Gasteiger partial charge in [0.2, 0.25) is 0 Å². The molecule has 1 atom stereocenters. The minimum Gasteiger partial charge on any atom is -0.465 e. The smallest absolute Gasteiger partial charge is 0.364 e. The summed E-state index contributed by atoms with van der Waals surface area (Å²) >= 11 is 0. The first-order valence-corrected chi connectivity index (χ1v) is 9.95. The van der Waals surface area contributed by atoms with Gasteiger partial charge in [-0.05, 0) is 6.42 Å². The molecule has 0 spiro atoms. The SMILES string of the molecule is CCCCCCCCCCC(C(=O)OC)[N+](C)(C)Cc1ccccc1.Cl. The Balaban J connectivity index is 0.00000625. The first-order chi connectivity index (χ1) is 12.0. The summed E-state index contributed by atoms with van der Waals surface area (Å²) in [4.78, 5) is 12.3. The summed E-state index contributed by atoms with van der Waals surface area (Å²) in [6.45, 7) is 3.10. The van der Waals surface area contributed by atoms with Crippen molar-refractivity contribution in [3.63, 3.8) is 0 Å². The molecule has 4 heteroatoms. The number of hydrogen-bond donors (Lipinski definition) is 0. The minimum absolute atomic E-state index is 0. The molecular weight excluding hydrogens is 346 g/mol. The average molecular weight is 385 g/mol. The Morgan fingerprint density at radius 3 is 2.04 bits per heavy atom. The van der Waals surface area contributed by atoms with Crippen molar-refractivity contribution in [1.29, 1.82) is 0 Å². The molecular formula is C22H39ClNO2+. The van der Waals surface area contributed by atoms with Gasteiger partial charge in [-0.15, -0.1) is 12.4 Å². The molecule has 0 aliphatic carbocycles. The first-order valence-electron chi connectivity index (χ1n) is 9.95. The van der Waals surface area contributed by atoms with Gasteiger partial charge in [-0.2, -0.15) is 0 Å². The van der Waals surface area contributed by atoms with Crippen molar-refractivity contribution >= 4 is 18.4 Å². The van der Waals surface area contributed by atoms with Gasteiger partial charge >= 0.3 is 5.97 Å². The lowest BCUT2D eigenvalue weighted by molar-refractivity contribution is -0.920. The standard InChI is InChI=1S/C22H38NO2.ClH/c1-5-6-7-8-9-10-11-15-18-21(22(24)25-4)23(2,3)19-20-16-13-12-14-17-20;/h12-14,16-17,21H,5-11,15,18-19H2,1-4H3;1H/q+1;. The molecule has 0 aliphatic heterocycles. The van der Waals surface area contributed by atoms with Crippen LogP contribution in [0.3, 0.4) is 0 Å². The summed E-state index contributed by atoms with van der Waals surface area (Å²) in [5.74, 6) is -0.0797. The van der Waals surface area contributed by atoms with E-state index in [4.69, 9.17) is 4.74 Å². The zero-order valence-corrected chi connectivity index (χ0v) is 18.0. The normalized spacial score (nSPS) is 12.3. The predicted molar refractivity (Wildman–Crippen MR) is 113 cm³/mol. The van der Waals surface area contributed by atoms with Gasteiger partial charge < -0.3 is 9.22 Å². The monoisotopic (exact) mass is 384 g/mol. The molecule has 0 radical (unpaired) electrons. The lowest BCUT2D eigenvalue weighted by atomic mass is 10.0. The first kappa shape index (κ1) is 24.9. The van der Waals surface area contributed by atoms with Gasteiger partial charge in [-0.3, -0.25) is 0 Å². The van der Waals surface area contributed by atoms with Crippen LogP contribution < -0.4 is 0 Å². The minimum atomic E-state index is -0.0923. The van der Waals surface area contributed by atoms with Crippen molar-refractivity contribution in [2.24, 2.45) is 0 Å². The lowest BCUT2D eigenvalue weighted by Crippen LogP contribution is -2.52. The van der Waals surface area contributed by atoms with Gasteiger partial charge in [0.1, 0.15) is 6.54 Å². The highest BCUT2D eigenvalue weighted by Gasteiger charge is 2.35. The molecule has 0 heterocycles. The second-order valence-corrected chi connectivity index (χ2v) is 7.72. The summed E-state index contributed by atoms with van der Waals surface area (Å²) < 4.78 is 5.75. The Morgan fingerprint density at radius 2 is 1.50 bits per heavy atom. The maximum atomic E-state index is 12.3. The van der Waals surface area contributed by atoms with Gasteiger partial charge in [-0.25, -0.2) is 4.79 Å². The van der Waals surface area contributed by atoms with Crippen LogP contribution in [0.2, 0.25) is 0 Å². The fraction of sp³-hybridized carbons (Fsp3) is 0.682. The maximum absolute atomic E-state index is 12.3.